The van der Waals surface area contributed by atoms with E-state index in [2.05, 4.69) is 5.32 Å². The van der Waals surface area contributed by atoms with Gasteiger partial charge in [0.15, 0.2) is 0 Å². The van der Waals surface area contributed by atoms with Gasteiger partial charge in [-0.3, -0.25) is 4.79 Å². The summed E-state index contributed by atoms with van der Waals surface area (Å²) in [4.78, 5) is 11.9. The van der Waals surface area contributed by atoms with Gasteiger partial charge in [0.05, 0.1) is 5.92 Å². The van der Waals surface area contributed by atoms with E-state index in [1.54, 1.807) is 0 Å². The normalized spacial score (nSPS) is 24.4. The lowest BCUT2D eigenvalue weighted by Gasteiger charge is -2.15. The first-order valence-corrected chi connectivity index (χ1v) is 5.80. The Bertz CT molecular complexity index is 372. The van der Waals surface area contributed by atoms with Crippen LogP contribution in [0.3, 0.4) is 0 Å². The van der Waals surface area contributed by atoms with Crippen LogP contribution in [0.2, 0.25) is 0 Å². The van der Waals surface area contributed by atoms with E-state index in [0.717, 1.165) is 24.9 Å². The molecule has 3 heteroatoms. The molecule has 1 aromatic carbocycles. The van der Waals surface area contributed by atoms with Crippen molar-refractivity contribution in [3.8, 4) is 0 Å². The van der Waals surface area contributed by atoms with Crippen molar-refractivity contribution in [1.29, 1.82) is 0 Å². The van der Waals surface area contributed by atoms with Crippen LogP contribution >= 0.6 is 0 Å². The second-order valence-electron chi connectivity index (χ2n) is 4.56. The smallest absolute Gasteiger partial charge is 0.229 e. The van der Waals surface area contributed by atoms with E-state index in [9.17, 15) is 4.79 Å². The first-order valence-electron chi connectivity index (χ1n) is 5.80. The fourth-order valence-electron chi connectivity index (χ4n) is 2.19. The quantitative estimate of drug-likeness (QED) is 0.798. The Morgan fingerprint density at radius 2 is 2.00 bits per heavy atom. The highest BCUT2D eigenvalue weighted by Gasteiger charge is 2.30. The van der Waals surface area contributed by atoms with E-state index >= 15 is 0 Å². The Morgan fingerprint density at radius 1 is 1.31 bits per heavy atom. The van der Waals surface area contributed by atoms with Crippen molar-refractivity contribution in [3.63, 3.8) is 0 Å². The topological polar surface area (TPSA) is 55.1 Å². The third kappa shape index (κ3) is 2.42. The van der Waals surface area contributed by atoms with Crippen molar-refractivity contribution in [1.82, 2.24) is 0 Å². The molecule has 2 atom stereocenters. The van der Waals surface area contributed by atoms with Gasteiger partial charge in [0, 0.05) is 11.7 Å². The highest BCUT2D eigenvalue weighted by molar-refractivity contribution is 5.93. The van der Waals surface area contributed by atoms with Crippen molar-refractivity contribution in [2.75, 3.05) is 5.32 Å². The predicted octanol–water partition coefficient (Wildman–Crippen LogP) is 2.06. The summed E-state index contributed by atoms with van der Waals surface area (Å²) in [7, 11) is 0. The first-order chi connectivity index (χ1) is 7.66. The van der Waals surface area contributed by atoms with Gasteiger partial charge in [-0.05, 0) is 31.9 Å². The van der Waals surface area contributed by atoms with Crippen LogP contribution in [-0.4, -0.2) is 11.9 Å². The number of hydrogen-bond acceptors (Lipinski definition) is 2. The van der Waals surface area contributed by atoms with Gasteiger partial charge >= 0.3 is 0 Å². The molecule has 0 radical (unpaired) electrons. The summed E-state index contributed by atoms with van der Waals surface area (Å²) < 4.78 is 0. The minimum atomic E-state index is -0.0127. The number of nitrogens with two attached hydrogens (primary N) is 1. The Hall–Kier alpha value is -1.35. The number of rotatable bonds is 2. The third-order valence-electron chi connectivity index (χ3n) is 3.23. The molecule has 3 N–H and O–H groups in total. The summed E-state index contributed by atoms with van der Waals surface area (Å²) in [6.07, 6.45) is 2.94. The highest BCUT2D eigenvalue weighted by Crippen LogP contribution is 2.25. The SMILES string of the molecule is Cc1ccc(NC(=O)C2CCCC2N)cc1. The summed E-state index contributed by atoms with van der Waals surface area (Å²) in [6, 6.07) is 7.86. The van der Waals surface area contributed by atoms with Crippen molar-refractivity contribution in [2.24, 2.45) is 11.7 Å². The molecule has 16 heavy (non-hydrogen) atoms. The van der Waals surface area contributed by atoms with Crippen LogP contribution in [0, 0.1) is 12.8 Å². The number of anilines is 1. The Morgan fingerprint density at radius 3 is 2.56 bits per heavy atom. The maximum absolute atomic E-state index is 11.9. The zero-order valence-corrected chi connectivity index (χ0v) is 9.57. The van der Waals surface area contributed by atoms with Crippen molar-refractivity contribution in [3.05, 3.63) is 29.8 Å². The minimum Gasteiger partial charge on any atom is -0.327 e. The number of amides is 1. The molecule has 1 fully saturated rings. The number of carbonyl (C=O) groups excluding carboxylic acids is 1. The van der Waals surface area contributed by atoms with Gasteiger partial charge in [-0.1, -0.05) is 24.1 Å². The second-order valence-corrected chi connectivity index (χ2v) is 4.56. The Labute approximate surface area is 96.0 Å². The van der Waals surface area contributed by atoms with Crippen LogP contribution in [-0.2, 0) is 4.79 Å². The molecule has 0 bridgehead atoms. The fraction of sp³-hybridized carbons (Fsp3) is 0.462. The zero-order chi connectivity index (χ0) is 11.5. The van der Waals surface area contributed by atoms with E-state index in [0.29, 0.717) is 0 Å². The first kappa shape index (κ1) is 11.1. The van der Waals surface area contributed by atoms with Gasteiger partial charge in [0.2, 0.25) is 5.91 Å². The molecule has 1 aromatic rings. The van der Waals surface area contributed by atoms with Crippen LogP contribution < -0.4 is 11.1 Å². The lowest BCUT2D eigenvalue weighted by atomic mass is 10.0. The summed E-state index contributed by atoms with van der Waals surface area (Å²) in [5.74, 6) is 0.0511. The summed E-state index contributed by atoms with van der Waals surface area (Å²) in [5, 5.41) is 2.92. The molecule has 3 nitrogen and oxygen atoms in total. The van der Waals surface area contributed by atoms with Crippen LogP contribution in [0.15, 0.2) is 24.3 Å². The highest BCUT2D eigenvalue weighted by atomic mass is 16.1. The molecule has 2 unspecified atom stereocenters. The molecule has 86 valence electrons. The molecular weight excluding hydrogens is 200 g/mol. The van der Waals surface area contributed by atoms with Crippen LogP contribution in [0.5, 0.6) is 0 Å². The van der Waals surface area contributed by atoms with Crippen molar-refractivity contribution < 1.29 is 4.79 Å². The van der Waals surface area contributed by atoms with E-state index in [4.69, 9.17) is 5.73 Å². The summed E-state index contributed by atoms with van der Waals surface area (Å²) >= 11 is 0. The van der Waals surface area contributed by atoms with Gasteiger partial charge in [0.1, 0.15) is 0 Å². The van der Waals surface area contributed by atoms with Crippen molar-refractivity contribution in [2.45, 2.75) is 32.2 Å². The number of nitrogens with one attached hydrogen (secondary N) is 1. The molecule has 2 rings (SSSR count). The second kappa shape index (κ2) is 4.66. The predicted molar refractivity (Wildman–Crippen MR) is 65.1 cm³/mol. The number of aryl methyl sites for hydroxylation is 1. The Balaban J connectivity index is 1.99. The van der Waals surface area contributed by atoms with Crippen LogP contribution in [0.4, 0.5) is 5.69 Å². The molecule has 0 heterocycles. The minimum absolute atomic E-state index is 0.0127. The van der Waals surface area contributed by atoms with Gasteiger partial charge in [-0.15, -0.1) is 0 Å². The van der Waals surface area contributed by atoms with Crippen molar-refractivity contribution >= 4 is 11.6 Å². The largest absolute Gasteiger partial charge is 0.327 e. The lowest BCUT2D eigenvalue weighted by molar-refractivity contribution is -0.120. The van der Waals surface area contributed by atoms with E-state index in [1.165, 1.54) is 5.56 Å². The number of carbonyl (C=O) groups is 1. The lowest BCUT2D eigenvalue weighted by Crippen LogP contribution is -2.34. The molecule has 0 aromatic heterocycles. The van der Waals surface area contributed by atoms with E-state index < -0.39 is 0 Å². The molecule has 0 spiro atoms. The zero-order valence-electron chi connectivity index (χ0n) is 9.57. The number of benzene rings is 1. The average molecular weight is 218 g/mol. The van der Waals surface area contributed by atoms with Gasteiger partial charge in [0.25, 0.3) is 0 Å². The summed E-state index contributed by atoms with van der Waals surface area (Å²) in [5.41, 5.74) is 7.94. The maximum Gasteiger partial charge on any atom is 0.229 e. The Kier molecular flexibility index (Phi) is 3.25. The molecule has 1 saturated carbocycles. The molecule has 0 saturated heterocycles. The maximum atomic E-state index is 11.9. The standard InChI is InChI=1S/C13H18N2O/c1-9-5-7-10(8-6-9)15-13(16)11-3-2-4-12(11)14/h5-8,11-12H,2-4,14H2,1H3,(H,15,16). The van der Waals surface area contributed by atoms with Gasteiger partial charge in [-0.25, -0.2) is 0 Å². The monoisotopic (exact) mass is 218 g/mol. The van der Waals surface area contributed by atoms with E-state index in [1.807, 2.05) is 31.2 Å². The number of hydrogen-bond donors (Lipinski definition) is 2. The van der Waals surface area contributed by atoms with Crippen LogP contribution in [0.1, 0.15) is 24.8 Å². The van der Waals surface area contributed by atoms with E-state index in [-0.39, 0.29) is 17.9 Å². The third-order valence-corrected chi connectivity index (χ3v) is 3.23. The van der Waals surface area contributed by atoms with Crippen LogP contribution in [0.25, 0.3) is 0 Å². The van der Waals surface area contributed by atoms with Gasteiger partial charge < -0.3 is 11.1 Å². The van der Waals surface area contributed by atoms with Gasteiger partial charge in [-0.2, -0.15) is 0 Å². The fourth-order valence-corrected chi connectivity index (χ4v) is 2.19. The molecule has 1 aliphatic carbocycles. The molecule has 0 aliphatic heterocycles. The summed E-state index contributed by atoms with van der Waals surface area (Å²) in [6.45, 7) is 2.03. The molecule has 1 aliphatic rings. The average Bonchev–Trinajstić information content (AvgIpc) is 2.68. The molecular formula is C13H18N2O. The molecule has 1 amide bonds.